The Bertz CT molecular complexity index is 1080. The lowest BCUT2D eigenvalue weighted by atomic mass is 9.88. The zero-order valence-corrected chi connectivity index (χ0v) is 17.5. The van der Waals surface area contributed by atoms with Crippen LogP contribution in [0.5, 0.6) is 0 Å². The maximum atomic E-state index is 13.1. The number of nitrogens with zero attached hydrogens (tertiary/aromatic N) is 2. The van der Waals surface area contributed by atoms with E-state index in [9.17, 15) is 19.2 Å². The molecule has 2 N–H and O–H groups in total. The Kier molecular flexibility index (Phi) is 5.22. The van der Waals surface area contributed by atoms with Crippen molar-refractivity contribution in [3.05, 3.63) is 59.7 Å². The van der Waals surface area contributed by atoms with E-state index in [1.807, 2.05) is 25.1 Å². The third-order valence-electron chi connectivity index (χ3n) is 5.78. The van der Waals surface area contributed by atoms with Crippen LogP contribution in [0.1, 0.15) is 30.9 Å². The zero-order chi connectivity index (χ0) is 22.2. The maximum absolute atomic E-state index is 13.1. The van der Waals surface area contributed by atoms with Gasteiger partial charge in [-0.25, -0.2) is 4.79 Å². The van der Waals surface area contributed by atoms with Crippen molar-refractivity contribution in [1.82, 2.24) is 10.2 Å². The average Bonchev–Trinajstić information content (AvgIpc) is 3.25. The van der Waals surface area contributed by atoms with Crippen LogP contribution in [0.2, 0.25) is 0 Å². The lowest BCUT2D eigenvalue weighted by molar-refractivity contribution is -0.133. The molecule has 2 fully saturated rings. The smallest absolute Gasteiger partial charge is 0.324 e. The molecular formula is C23H24N4O4. The summed E-state index contributed by atoms with van der Waals surface area (Å²) in [4.78, 5) is 52.7. The Morgan fingerprint density at radius 3 is 2.61 bits per heavy atom. The molecule has 0 aliphatic carbocycles. The molecule has 0 saturated carbocycles. The monoisotopic (exact) mass is 420 g/mol. The van der Waals surface area contributed by atoms with E-state index < -0.39 is 29.9 Å². The zero-order valence-electron chi connectivity index (χ0n) is 17.5. The number of amides is 5. The van der Waals surface area contributed by atoms with E-state index in [4.69, 9.17) is 0 Å². The number of carbonyl (C=O) groups excluding carboxylic acids is 4. The van der Waals surface area contributed by atoms with Crippen LogP contribution in [-0.4, -0.2) is 41.7 Å². The van der Waals surface area contributed by atoms with Gasteiger partial charge in [0.2, 0.25) is 11.8 Å². The van der Waals surface area contributed by atoms with Gasteiger partial charge in [0.25, 0.3) is 5.91 Å². The Hall–Kier alpha value is -3.68. The average molecular weight is 420 g/mol. The van der Waals surface area contributed by atoms with Crippen molar-refractivity contribution < 1.29 is 19.2 Å². The van der Waals surface area contributed by atoms with Crippen LogP contribution in [0.15, 0.2) is 48.5 Å². The molecule has 2 saturated heterocycles. The molecule has 5 amide bonds. The second kappa shape index (κ2) is 7.86. The molecular weight excluding hydrogens is 396 g/mol. The Balaban J connectivity index is 1.47. The normalized spacial score (nSPS) is 20.9. The van der Waals surface area contributed by atoms with Gasteiger partial charge in [-0.3, -0.25) is 19.3 Å². The maximum Gasteiger partial charge on any atom is 0.325 e. The Labute approximate surface area is 180 Å². The van der Waals surface area contributed by atoms with Gasteiger partial charge in [0.15, 0.2) is 0 Å². The third kappa shape index (κ3) is 3.76. The standard InChI is InChI=1S/C23H24N4O4/c1-15-7-3-4-10-18(15)23(2)21(30)27(22(31)25-23)14-19(28)24-16-8-5-9-17(13-16)26-12-6-11-20(26)29/h3-5,7-10,13H,6,11-12,14H2,1-2H3,(H,24,28)(H,25,31). The highest BCUT2D eigenvalue weighted by Crippen LogP contribution is 2.31. The first-order chi connectivity index (χ1) is 14.8. The van der Waals surface area contributed by atoms with E-state index >= 15 is 0 Å². The molecule has 2 aromatic rings. The molecule has 0 spiro atoms. The minimum atomic E-state index is -1.22. The van der Waals surface area contributed by atoms with Crippen molar-refractivity contribution in [2.75, 3.05) is 23.3 Å². The predicted molar refractivity (Wildman–Crippen MR) is 115 cm³/mol. The van der Waals surface area contributed by atoms with Crippen LogP contribution in [0, 0.1) is 6.92 Å². The molecule has 160 valence electrons. The molecule has 0 bridgehead atoms. The summed E-state index contributed by atoms with van der Waals surface area (Å²) >= 11 is 0. The highest BCUT2D eigenvalue weighted by molar-refractivity contribution is 6.10. The number of imide groups is 1. The van der Waals surface area contributed by atoms with E-state index in [1.54, 1.807) is 42.2 Å². The van der Waals surface area contributed by atoms with Crippen molar-refractivity contribution in [3.63, 3.8) is 0 Å². The van der Waals surface area contributed by atoms with E-state index in [0.717, 1.165) is 16.9 Å². The molecule has 8 nitrogen and oxygen atoms in total. The van der Waals surface area contributed by atoms with Gasteiger partial charge in [0.05, 0.1) is 0 Å². The molecule has 2 aromatic carbocycles. The number of nitrogens with one attached hydrogen (secondary N) is 2. The van der Waals surface area contributed by atoms with E-state index in [0.29, 0.717) is 29.9 Å². The Morgan fingerprint density at radius 1 is 1.13 bits per heavy atom. The number of rotatable bonds is 5. The molecule has 4 rings (SSSR count). The third-order valence-corrected chi connectivity index (χ3v) is 5.78. The second-order valence-corrected chi connectivity index (χ2v) is 8.01. The summed E-state index contributed by atoms with van der Waals surface area (Å²) in [6, 6.07) is 13.7. The van der Waals surface area contributed by atoms with Gasteiger partial charge in [0.1, 0.15) is 12.1 Å². The number of hydrogen-bond acceptors (Lipinski definition) is 4. The van der Waals surface area contributed by atoms with Crippen molar-refractivity contribution in [2.24, 2.45) is 0 Å². The minimum Gasteiger partial charge on any atom is -0.324 e. The van der Waals surface area contributed by atoms with Crippen molar-refractivity contribution in [2.45, 2.75) is 32.2 Å². The summed E-state index contributed by atoms with van der Waals surface area (Å²) < 4.78 is 0. The molecule has 2 aliphatic heterocycles. The molecule has 1 atom stereocenters. The van der Waals surface area contributed by atoms with Gasteiger partial charge in [0, 0.05) is 24.3 Å². The first kappa shape index (κ1) is 20.6. The summed E-state index contributed by atoms with van der Waals surface area (Å²) in [5.74, 6) is -0.918. The molecule has 8 heteroatoms. The predicted octanol–water partition coefficient (Wildman–Crippen LogP) is 2.53. The minimum absolute atomic E-state index is 0.0540. The van der Waals surface area contributed by atoms with Crippen LogP contribution in [0.3, 0.4) is 0 Å². The summed E-state index contributed by atoms with van der Waals surface area (Å²) in [5.41, 5.74) is 1.55. The molecule has 0 aromatic heterocycles. The summed E-state index contributed by atoms with van der Waals surface area (Å²) in [6.07, 6.45) is 1.32. The number of carbonyl (C=O) groups is 4. The van der Waals surface area contributed by atoms with Crippen LogP contribution in [-0.2, 0) is 19.9 Å². The highest BCUT2D eigenvalue weighted by Gasteiger charge is 2.50. The van der Waals surface area contributed by atoms with E-state index in [2.05, 4.69) is 10.6 Å². The fraction of sp³-hybridized carbons (Fsp3) is 0.304. The topological polar surface area (TPSA) is 98.8 Å². The lowest BCUT2D eigenvalue weighted by Gasteiger charge is -2.24. The molecule has 2 heterocycles. The van der Waals surface area contributed by atoms with Crippen molar-refractivity contribution >= 4 is 35.1 Å². The number of benzene rings is 2. The van der Waals surface area contributed by atoms with Gasteiger partial charge in [-0.15, -0.1) is 0 Å². The molecule has 31 heavy (non-hydrogen) atoms. The van der Waals surface area contributed by atoms with E-state index in [-0.39, 0.29) is 5.91 Å². The fourth-order valence-corrected chi connectivity index (χ4v) is 4.17. The SMILES string of the molecule is Cc1ccccc1C1(C)NC(=O)N(CC(=O)Nc2cccc(N3CCCC3=O)c2)C1=O. The quantitative estimate of drug-likeness (QED) is 0.726. The summed E-state index contributed by atoms with van der Waals surface area (Å²) in [7, 11) is 0. The number of urea groups is 1. The number of aryl methyl sites for hydroxylation is 1. The number of anilines is 2. The van der Waals surface area contributed by atoms with Crippen LogP contribution < -0.4 is 15.5 Å². The van der Waals surface area contributed by atoms with E-state index in [1.165, 1.54) is 0 Å². The first-order valence-corrected chi connectivity index (χ1v) is 10.2. The highest BCUT2D eigenvalue weighted by atomic mass is 16.2. The molecule has 1 unspecified atom stereocenters. The fourth-order valence-electron chi connectivity index (χ4n) is 4.17. The van der Waals surface area contributed by atoms with Gasteiger partial charge in [-0.1, -0.05) is 30.3 Å². The van der Waals surface area contributed by atoms with Crippen LogP contribution in [0.25, 0.3) is 0 Å². The largest absolute Gasteiger partial charge is 0.325 e. The van der Waals surface area contributed by atoms with Crippen molar-refractivity contribution in [3.8, 4) is 0 Å². The van der Waals surface area contributed by atoms with Gasteiger partial charge in [-0.05, 0) is 49.6 Å². The van der Waals surface area contributed by atoms with Crippen molar-refractivity contribution in [1.29, 1.82) is 0 Å². The first-order valence-electron chi connectivity index (χ1n) is 10.2. The molecule has 2 aliphatic rings. The van der Waals surface area contributed by atoms with Gasteiger partial charge in [-0.2, -0.15) is 0 Å². The van der Waals surface area contributed by atoms with Crippen LogP contribution in [0.4, 0.5) is 16.2 Å². The van der Waals surface area contributed by atoms with Crippen LogP contribution >= 0.6 is 0 Å². The lowest BCUT2D eigenvalue weighted by Crippen LogP contribution is -2.42. The van der Waals surface area contributed by atoms with Gasteiger partial charge >= 0.3 is 6.03 Å². The summed E-state index contributed by atoms with van der Waals surface area (Å²) in [6.45, 7) is 3.76. The second-order valence-electron chi connectivity index (χ2n) is 8.01. The molecule has 0 radical (unpaired) electrons. The number of hydrogen-bond donors (Lipinski definition) is 2. The summed E-state index contributed by atoms with van der Waals surface area (Å²) in [5, 5.41) is 5.44. The Morgan fingerprint density at radius 2 is 1.90 bits per heavy atom. The van der Waals surface area contributed by atoms with Gasteiger partial charge < -0.3 is 15.5 Å².